The van der Waals surface area contributed by atoms with Crippen molar-refractivity contribution in [1.29, 1.82) is 0 Å². The van der Waals surface area contributed by atoms with E-state index in [2.05, 4.69) is 10.6 Å². The maximum atomic E-state index is 11.7. The molecule has 2 amide bonds. The van der Waals surface area contributed by atoms with Crippen LogP contribution in [0.4, 0.5) is 0 Å². The Labute approximate surface area is 118 Å². The summed E-state index contributed by atoms with van der Waals surface area (Å²) in [5.41, 5.74) is 0. The highest BCUT2D eigenvalue weighted by molar-refractivity contribution is 5.80. The summed E-state index contributed by atoms with van der Waals surface area (Å²) in [6, 6.07) is 0. The van der Waals surface area contributed by atoms with Gasteiger partial charge in [0.2, 0.25) is 11.8 Å². The van der Waals surface area contributed by atoms with E-state index in [1.54, 1.807) is 0 Å². The number of amides is 2. The molecule has 0 bridgehead atoms. The Balaban J connectivity index is 1.96. The molecule has 0 aromatic rings. The highest BCUT2D eigenvalue weighted by Crippen LogP contribution is 2.24. The second kappa shape index (κ2) is 9.30. The van der Waals surface area contributed by atoms with Gasteiger partial charge in [0, 0.05) is 25.4 Å². The van der Waals surface area contributed by atoms with E-state index in [9.17, 15) is 14.4 Å². The standard InChI is InChI=1S/C13H22N2O5/c16-11(14-7-8-20-9-12(17)18)5-6-15-13(19)10-3-1-2-4-10/h10H,1-9H2,(H,14,16)(H,15,19)(H,17,18). The van der Waals surface area contributed by atoms with Crippen LogP contribution in [0.1, 0.15) is 32.1 Å². The molecule has 0 radical (unpaired) electrons. The van der Waals surface area contributed by atoms with Gasteiger partial charge in [-0.2, -0.15) is 0 Å². The van der Waals surface area contributed by atoms with Crippen LogP contribution in [-0.4, -0.2) is 49.2 Å². The van der Waals surface area contributed by atoms with E-state index in [0.717, 1.165) is 25.7 Å². The number of carbonyl (C=O) groups is 3. The summed E-state index contributed by atoms with van der Waals surface area (Å²) < 4.78 is 4.77. The van der Waals surface area contributed by atoms with Gasteiger partial charge >= 0.3 is 5.97 Å². The van der Waals surface area contributed by atoms with Crippen LogP contribution in [0.15, 0.2) is 0 Å². The molecular weight excluding hydrogens is 264 g/mol. The third-order valence-corrected chi connectivity index (χ3v) is 3.17. The summed E-state index contributed by atoms with van der Waals surface area (Å²) in [5, 5.41) is 13.7. The van der Waals surface area contributed by atoms with E-state index >= 15 is 0 Å². The van der Waals surface area contributed by atoms with Crippen LogP contribution in [0, 0.1) is 5.92 Å². The molecule has 0 atom stereocenters. The molecule has 0 heterocycles. The van der Waals surface area contributed by atoms with E-state index in [0.29, 0.717) is 6.54 Å². The molecule has 20 heavy (non-hydrogen) atoms. The fraction of sp³-hybridized carbons (Fsp3) is 0.769. The summed E-state index contributed by atoms with van der Waals surface area (Å²) in [5.74, 6) is -1.07. The molecule has 1 fully saturated rings. The normalized spacial score (nSPS) is 15.0. The molecule has 7 nitrogen and oxygen atoms in total. The van der Waals surface area contributed by atoms with Gasteiger partial charge in [0.1, 0.15) is 6.61 Å². The van der Waals surface area contributed by atoms with Gasteiger partial charge in [-0.05, 0) is 12.8 Å². The molecule has 1 aliphatic carbocycles. The molecule has 0 aromatic carbocycles. The number of aliphatic carboxylic acids is 1. The van der Waals surface area contributed by atoms with Crippen molar-refractivity contribution in [3.05, 3.63) is 0 Å². The van der Waals surface area contributed by atoms with E-state index in [1.165, 1.54) is 0 Å². The molecule has 0 aromatic heterocycles. The summed E-state index contributed by atoms with van der Waals surface area (Å²) in [6.45, 7) is 0.389. The van der Waals surface area contributed by atoms with E-state index in [-0.39, 0.29) is 43.9 Å². The van der Waals surface area contributed by atoms with Gasteiger partial charge in [0.15, 0.2) is 0 Å². The van der Waals surface area contributed by atoms with Crippen LogP contribution in [0.2, 0.25) is 0 Å². The fourth-order valence-electron chi connectivity index (χ4n) is 2.14. The van der Waals surface area contributed by atoms with Crippen LogP contribution in [0.3, 0.4) is 0 Å². The summed E-state index contributed by atoms with van der Waals surface area (Å²) in [7, 11) is 0. The second-order valence-electron chi connectivity index (χ2n) is 4.82. The fourth-order valence-corrected chi connectivity index (χ4v) is 2.14. The molecule has 3 N–H and O–H groups in total. The minimum absolute atomic E-state index is 0.0418. The first-order chi connectivity index (χ1) is 9.59. The molecule has 0 spiro atoms. The zero-order chi connectivity index (χ0) is 14.8. The van der Waals surface area contributed by atoms with Crippen molar-refractivity contribution < 1.29 is 24.2 Å². The smallest absolute Gasteiger partial charge is 0.329 e. The minimum Gasteiger partial charge on any atom is -0.480 e. The first-order valence-electron chi connectivity index (χ1n) is 6.93. The highest BCUT2D eigenvalue weighted by atomic mass is 16.5. The summed E-state index contributed by atoms with van der Waals surface area (Å²) in [4.78, 5) is 33.2. The van der Waals surface area contributed by atoms with Crippen LogP contribution in [0.25, 0.3) is 0 Å². The quantitative estimate of drug-likeness (QED) is 0.513. The first kappa shape index (κ1) is 16.4. The highest BCUT2D eigenvalue weighted by Gasteiger charge is 2.22. The molecule has 0 unspecified atom stereocenters. The summed E-state index contributed by atoms with van der Waals surface area (Å²) in [6.07, 6.45) is 4.32. The number of ether oxygens (including phenoxy) is 1. The molecule has 7 heteroatoms. The van der Waals surface area contributed by atoms with Crippen molar-refractivity contribution in [2.24, 2.45) is 5.92 Å². The van der Waals surface area contributed by atoms with Crippen LogP contribution in [-0.2, 0) is 19.1 Å². The third-order valence-electron chi connectivity index (χ3n) is 3.17. The van der Waals surface area contributed by atoms with Gasteiger partial charge in [0.25, 0.3) is 0 Å². The zero-order valence-corrected chi connectivity index (χ0v) is 11.5. The molecule has 1 aliphatic rings. The van der Waals surface area contributed by atoms with Crippen molar-refractivity contribution in [1.82, 2.24) is 10.6 Å². The Kier molecular flexibility index (Phi) is 7.64. The average Bonchev–Trinajstić information content (AvgIpc) is 2.91. The maximum Gasteiger partial charge on any atom is 0.329 e. The lowest BCUT2D eigenvalue weighted by atomic mass is 10.1. The Morgan fingerprint density at radius 1 is 1.10 bits per heavy atom. The topological polar surface area (TPSA) is 105 Å². The Morgan fingerprint density at radius 3 is 2.45 bits per heavy atom. The maximum absolute atomic E-state index is 11.7. The van der Waals surface area contributed by atoms with Gasteiger partial charge in [-0.25, -0.2) is 4.79 Å². The van der Waals surface area contributed by atoms with E-state index in [4.69, 9.17) is 9.84 Å². The molecule has 1 rings (SSSR count). The number of carboxylic acids is 1. The van der Waals surface area contributed by atoms with Crippen molar-refractivity contribution in [3.63, 3.8) is 0 Å². The van der Waals surface area contributed by atoms with Gasteiger partial charge in [-0.15, -0.1) is 0 Å². The lowest BCUT2D eigenvalue weighted by Crippen LogP contribution is -2.34. The van der Waals surface area contributed by atoms with Crippen LogP contribution < -0.4 is 10.6 Å². The third kappa shape index (κ3) is 7.08. The predicted molar refractivity (Wildman–Crippen MR) is 71.0 cm³/mol. The summed E-state index contributed by atoms with van der Waals surface area (Å²) >= 11 is 0. The van der Waals surface area contributed by atoms with Crippen molar-refractivity contribution in [2.45, 2.75) is 32.1 Å². The molecule has 114 valence electrons. The SMILES string of the molecule is O=C(O)COCCNC(=O)CCNC(=O)C1CCCC1. The lowest BCUT2D eigenvalue weighted by Gasteiger charge is -2.10. The first-order valence-corrected chi connectivity index (χ1v) is 6.93. The monoisotopic (exact) mass is 286 g/mol. The van der Waals surface area contributed by atoms with Gasteiger partial charge in [-0.3, -0.25) is 9.59 Å². The van der Waals surface area contributed by atoms with Crippen LogP contribution in [0.5, 0.6) is 0 Å². The Morgan fingerprint density at radius 2 is 1.80 bits per heavy atom. The largest absolute Gasteiger partial charge is 0.480 e. The van der Waals surface area contributed by atoms with Crippen molar-refractivity contribution in [2.75, 3.05) is 26.3 Å². The zero-order valence-electron chi connectivity index (χ0n) is 11.5. The second-order valence-corrected chi connectivity index (χ2v) is 4.82. The number of carbonyl (C=O) groups excluding carboxylic acids is 2. The van der Waals surface area contributed by atoms with Crippen LogP contribution >= 0.6 is 0 Å². The number of nitrogens with one attached hydrogen (secondary N) is 2. The van der Waals surface area contributed by atoms with E-state index < -0.39 is 5.97 Å². The number of carboxylic acid groups (broad SMARTS) is 1. The van der Waals surface area contributed by atoms with E-state index in [1.807, 2.05) is 0 Å². The molecular formula is C13H22N2O5. The Bertz CT molecular complexity index is 340. The molecule has 0 aliphatic heterocycles. The van der Waals surface area contributed by atoms with Gasteiger partial charge in [0.05, 0.1) is 6.61 Å². The predicted octanol–water partition coefficient (Wildman–Crippen LogP) is -0.0997. The van der Waals surface area contributed by atoms with Gasteiger partial charge < -0.3 is 20.5 Å². The average molecular weight is 286 g/mol. The number of rotatable bonds is 9. The lowest BCUT2D eigenvalue weighted by molar-refractivity contribution is -0.142. The number of hydrogen-bond donors (Lipinski definition) is 3. The van der Waals surface area contributed by atoms with Crippen molar-refractivity contribution in [3.8, 4) is 0 Å². The van der Waals surface area contributed by atoms with Crippen molar-refractivity contribution >= 4 is 17.8 Å². The number of hydrogen-bond acceptors (Lipinski definition) is 4. The minimum atomic E-state index is -1.04. The Hall–Kier alpha value is -1.63. The molecule has 0 saturated heterocycles. The van der Waals surface area contributed by atoms with Gasteiger partial charge in [-0.1, -0.05) is 12.8 Å². The molecule has 1 saturated carbocycles.